The van der Waals surface area contributed by atoms with Gasteiger partial charge in [-0.05, 0) is 18.9 Å². The fourth-order valence-corrected chi connectivity index (χ4v) is 1.91. The zero-order valence-corrected chi connectivity index (χ0v) is 11.3. The second-order valence-electron chi connectivity index (χ2n) is 4.51. The lowest BCUT2D eigenvalue weighted by atomic mass is 10.0. The van der Waals surface area contributed by atoms with Gasteiger partial charge in [0.25, 0.3) is 0 Å². The summed E-state index contributed by atoms with van der Waals surface area (Å²) in [6.45, 7) is 3.86. The molecule has 0 aromatic heterocycles. The van der Waals surface area contributed by atoms with Crippen LogP contribution in [0.3, 0.4) is 0 Å². The van der Waals surface area contributed by atoms with Crippen LogP contribution in [-0.4, -0.2) is 17.0 Å². The predicted molar refractivity (Wildman–Crippen MR) is 74.8 cm³/mol. The van der Waals surface area contributed by atoms with Crippen molar-refractivity contribution < 1.29 is 10.0 Å². The Morgan fingerprint density at radius 2 is 2.05 bits per heavy atom. The number of carbonyl (C=O) groups excluding carboxylic acids is 1. The van der Waals surface area contributed by atoms with Gasteiger partial charge in [-0.1, -0.05) is 48.8 Å². The lowest BCUT2D eigenvalue weighted by Crippen LogP contribution is -2.39. The van der Waals surface area contributed by atoms with E-state index in [0.717, 1.165) is 12.0 Å². The van der Waals surface area contributed by atoms with E-state index in [1.54, 1.807) is 0 Å². The Bertz CT molecular complexity index is 432. The summed E-state index contributed by atoms with van der Waals surface area (Å²) < 4.78 is 0. The average Bonchev–Trinajstić information content (AvgIpc) is 2.44. The molecule has 0 spiro atoms. The van der Waals surface area contributed by atoms with Crippen LogP contribution in [0.2, 0.25) is 0 Å². The molecule has 0 saturated carbocycles. The number of benzene rings is 1. The third-order valence-corrected chi connectivity index (χ3v) is 3.02. The van der Waals surface area contributed by atoms with Crippen LogP contribution >= 0.6 is 0 Å². The van der Waals surface area contributed by atoms with Crippen molar-refractivity contribution in [2.24, 2.45) is 16.8 Å². The van der Waals surface area contributed by atoms with Crippen LogP contribution in [0.1, 0.15) is 38.3 Å². The smallest absolute Gasteiger partial charge is 0.231 e. The van der Waals surface area contributed by atoms with E-state index in [4.69, 9.17) is 10.9 Å². The second kappa shape index (κ2) is 7.41. The summed E-state index contributed by atoms with van der Waals surface area (Å²) in [4.78, 5) is 12.1. The highest BCUT2D eigenvalue weighted by molar-refractivity contribution is 6.02. The minimum absolute atomic E-state index is 0.0420. The van der Waals surface area contributed by atoms with Gasteiger partial charge in [-0.3, -0.25) is 4.79 Å². The van der Waals surface area contributed by atoms with Crippen LogP contribution in [0.15, 0.2) is 35.5 Å². The highest BCUT2D eigenvalue weighted by atomic mass is 16.4. The van der Waals surface area contributed by atoms with Crippen molar-refractivity contribution in [2.45, 2.75) is 32.7 Å². The van der Waals surface area contributed by atoms with Gasteiger partial charge in [0.2, 0.25) is 5.91 Å². The van der Waals surface area contributed by atoms with Crippen molar-refractivity contribution in [1.82, 2.24) is 5.32 Å². The first-order valence-electron chi connectivity index (χ1n) is 6.42. The van der Waals surface area contributed by atoms with Crippen molar-refractivity contribution in [3.8, 4) is 0 Å². The van der Waals surface area contributed by atoms with Crippen LogP contribution in [-0.2, 0) is 4.79 Å². The molecule has 0 radical (unpaired) electrons. The fourth-order valence-electron chi connectivity index (χ4n) is 1.91. The van der Waals surface area contributed by atoms with Gasteiger partial charge in [-0.2, -0.15) is 0 Å². The lowest BCUT2D eigenvalue weighted by molar-refractivity contribution is -0.123. The first-order valence-corrected chi connectivity index (χ1v) is 6.42. The molecule has 1 aromatic carbocycles. The third kappa shape index (κ3) is 4.28. The van der Waals surface area contributed by atoms with Crippen LogP contribution in [0.25, 0.3) is 0 Å². The molecule has 1 rings (SSSR count). The standard InChI is InChI=1S/C14H21N3O2/c1-3-7-12(13(15)17-19)14(18)16-10(2)11-8-5-4-6-9-11/h4-6,8-10,12,19H,3,7H2,1-2H3,(H2,15,17)(H,16,18). The molecule has 5 nitrogen and oxygen atoms in total. The van der Waals surface area contributed by atoms with Gasteiger partial charge in [0.15, 0.2) is 5.84 Å². The molecule has 5 heteroatoms. The molecule has 104 valence electrons. The molecule has 4 N–H and O–H groups in total. The van der Waals surface area contributed by atoms with Crippen molar-refractivity contribution in [1.29, 1.82) is 0 Å². The maximum absolute atomic E-state index is 12.1. The van der Waals surface area contributed by atoms with Gasteiger partial charge >= 0.3 is 0 Å². The van der Waals surface area contributed by atoms with E-state index in [9.17, 15) is 4.79 Å². The van der Waals surface area contributed by atoms with Crippen LogP contribution in [0.4, 0.5) is 0 Å². The highest BCUT2D eigenvalue weighted by Gasteiger charge is 2.23. The molecule has 0 aliphatic carbocycles. The summed E-state index contributed by atoms with van der Waals surface area (Å²) in [6, 6.07) is 9.55. The fraction of sp³-hybridized carbons (Fsp3) is 0.429. The number of hydrogen-bond donors (Lipinski definition) is 3. The largest absolute Gasteiger partial charge is 0.409 e. The number of nitrogens with zero attached hydrogens (tertiary/aromatic N) is 1. The van der Waals surface area contributed by atoms with Crippen LogP contribution < -0.4 is 11.1 Å². The molecule has 19 heavy (non-hydrogen) atoms. The van der Waals surface area contributed by atoms with Gasteiger partial charge in [-0.15, -0.1) is 0 Å². The van der Waals surface area contributed by atoms with E-state index >= 15 is 0 Å². The minimum Gasteiger partial charge on any atom is -0.409 e. The molecule has 0 bridgehead atoms. The molecule has 2 atom stereocenters. The van der Waals surface area contributed by atoms with Crippen molar-refractivity contribution in [3.63, 3.8) is 0 Å². The van der Waals surface area contributed by atoms with E-state index in [0.29, 0.717) is 6.42 Å². The minimum atomic E-state index is -0.582. The van der Waals surface area contributed by atoms with Crippen molar-refractivity contribution >= 4 is 11.7 Å². The van der Waals surface area contributed by atoms with E-state index in [1.807, 2.05) is 44.2 Å². The van der Waals surface area contributed by atoms with Gasteiger partial charge < -0.3 is 16.3 Å². The summed E-state index contributed by atoms with van der Waals surface area (Å²) in [5.41, 5.74) is 6.58. The molecule has 1 aromatic rings. The number of amides is 1. The number of rotatable bonds is 6. The van der Waals surface area contributed by atoms with Crippen molar-refractivity contribution in [3.05, 3.63) is 35.9 Å². The molecular weight excluding hydrogens is 242 g/mol. The van der Waals surface area contributed by atoms with E-state index in [-0.39, 0.29) is 17.8 Å². The molecule has 1 amide bonds. The van der Waals surface area contributed by atoms with E-state index in [1.165, 1.54) is 0 Å². The molecule has 0 aliphatic heterocycles. The van der Waals surface area contributed by atoms with Gasteiger partial charge in [0, 0.05) is 0 Å². The zero-order valence-electron chi connectivity index (χ0n) is 11.3. The van der Waals surface area contributed by atoms with Crippen LogP contribution in [0.5, 0.6) is 0 Å². The highest BCUT2D eigenvalue weighted by Crippen LogP contribution is 2.14. The molecule has 0 aliphatic rings. The quantitative estimate of drug-likeness (QED) is 0.317. The monoisotopic (exact) mass is 263 g/mol. The van der Waals surface area contributed by atoms with Crippen molar-refractivity contribution in [2.75, 3.05) is 0 Å². The lowest BCUT2D eigenvalue weighted by Gasteiger charge is -2.19. The zero-order chi connectivity index (χ0) is 14.3. The van der Waals surface area contributed by atoms with Gasteiger partial charge in [0.1, 0.15) is 0 Å². The first kappa shape index (κ1) is 15.0. The average molecular weight is 263 g/mol. The molecule has 2 unspecified atom stereocenters. The second-order valence-corrected chi connectivity index (χ2v) is 4.51. The first-order chi connectivity index (χ1) is 9.10. The predicted octanol–water partition coefficient (Wildman–Crippen LogP) is 2.03. The Morgan fingerprint density at radius 1 is 1.42 bits per heavy atom. The molecule has 0 saturated heterocycles. The van der Waals surface area contributed by atoms with Crippen LogP contribution in [0, 0.1) is 5.92 Å². The van der Waals surface area contributed by atoms with E-state index < -0.39 is 5.92 Å². The number of amidine groups is 1. The van der Waals surface area contributed by atoms with Gasteiger partial charge in [0.05, 0.1) is 12.0 Å². The molecule has 0 heterocycles. The Hall–Kier alpha value is -2.04. The number of nitrogens with two attached hydrogens (primary N) is 1. The summed E-state index contributed by atoms with van der Waals surface area (Å²) in [5.74, 6) is -0.839. The number of carbonyl (C=O) groups is 1. The number of oxime groups is 1. The summed E-state index contributed by atoms with van der Waals surface area (Å²) in [6.07, 6.45) is 1.34. The van der Waals surface area contributed by atoms with Gasteiger partial charge in [-0.25, -0.2) is 0 Å². The summed E-state index contributed by atoms with van der Waals surface area (Å²) >= 11 is 0. The summed E-state index contributed by atoms with van der Waals surface area (Å²) in [7, 11) is 0. The normalized spacial score (nSPS) is 14.7. The molecular formula is C14H21N3O2. The Labute approximate surface area is 113 Å². The SMILES string of the molecule is CCCC(C(=O)NC(C)c1ccccc1)C(N)=NO. The number of nitrogens with one attached hydrogen (secondary N) is 1. The summed E-state index contributed by atoms with van der Waals surface area (Å²) in [5, 5.41) is 14.5. The maximum Gasteiger partial charge on any atom is 0.231 e. The topological polar surface area (TPSA) is 87.7 Å². The Morgan fingerprint density at radius 3 is 2.58 bits per heavy atom. The Kier molecular flexibility index (Phi) is 5.85. The maximum atomic E-state index is 12.1. The molecule has 0 fully saturated rings. The Balaban J connectivity index is 2.71. The third-order valence-electron chi connectivity index (χ3n) is 3.02. The van der Waals surface area contributed by atoms with E-state index in [2.05, 4.69) is 10.5 Å². The number of hydrogen-bond acceptors (Lipinski definition) is 3.